The molecule has 0 unspecified atom stereocenters. The maximum atomic E-state index is 11.3. The number of alkyl halides is 1. The van der Waals surface area contributed by atoms with Crippen LogP contribution in [0.5, 0.6) is 0 Å². The van der Waals surface area contributed by atoms with Crippen molar-refractivity contribution in [3.8, 4) is 0 Å². The highest BCUT2D eigenvalue weighted by Gasteiger charge is 2.19. The first kappa shape index (κ1) is 11.9. The number of nitrogens with one attached hydrogen (secondary N) is 1. The summed E-state index contributed by atoms with van der Waals surface area (Å²) < 4.78 is 0. The lowest BCUT2D eigenvalue weighted by Gasteiger charge is -2.17. The summed E-state index contributed by atoms with van der Waals surface area (Å²) in [5, 5.41) is 3.91. The van der Waals surface area contributed by atoms with Gasteiger partial charge in [0.25, 0.3) is 0 Å². The highest BCUT2D eigenvalue weighted by Crippen LogP contribution is 2.12. The Labute approximate surface area is 83.2 Å². The van der Waals surface area contributed by atoms with E-state index >= 15 is 0 Å². The summed E-state index contributed by atoms with van der Waals surface area (Å²) in [6.45, 7) is 6.56. The average molecular weight is 236 g/mol. The van der Waals surface area contributed by atoms with Crippen molar-refractivity contribution in [2.45, 2.75) is 33.6 Å². The molecule has 2 nitrogen and oxygen atoms in total. The third-order valence-electron chi connectivity index (χ3n) is 1.53. The molecule has 0 spiro atoms. The molecule has 0 aliphatic carbocycles. The molecule has 0 rings (SSSR count). The minimum atomic E-state index is -0.256. The molecule has 0 bridgehead atoms. The SMILES string of the molecule is CC(C)(C)C(=O)NCCCCBr. The molecule has 12 heavy (non-hydrogen) atoms. The Hall–Kier alpha value is -0.0500. The van der Waals surface area contributed by atoms with Gasteiger partial charge in [-0.05, 0) is 12.8 Å². The second-order valence-electron chi connectivity index (χ2n) is 3.90. The van der Waals surface area contributed by atoms with Crippen LogP contribution in [0.1, 0.15) is 33.6 Å². The highest BCUT2D eigenvalue weighted by molar-refractivity contribution is 9.09. The fraction of sp³-hybridized carbons (Fsp3) is 0.889. The molecule has 0 aliphatic heterocycles. The number of amides is 1. The van der Waals surface area contributed by atoms with Crippen LogP contribution >= 0.6 is 15.9 Å². The quantitative estimate of drug-likeness (QED) is 0.589. The van der Waals surface area contributed by atoms with Crippen LogP contribution in [0, 0.1) is 5.41 Å². The van der Waals surface area contributed by atoms with Gasteiger partial charge in [-0.15, -0.1) is 0 Å². The maximum Gasteiger partial charge on any atom is 0.225 e. The number of unbranched alkanes of at least 4 members (excludes halogenated alkanes) is 1. The molecule has 3 heteroatoms. The Kier molecular flexibility index (Phi) is 5.55. The van der Waals surface area contributed by atoms with Gasteiger partial charge >= 0.3 is 0 Å². The van der Waals surface area contributed by atoms with Crippen LogP contribution < -0.4 is 5.32 Å². The molecule has 0 aliphatic rings. The molecule has 0 atom stereocenters. The van der Waals surface area contributed by atoms with Crippen molar-refractivity contribution in [1.82, 2.24) is 5.32 Å². The van der Waals surface area contributed by atoms with Gasteiger partial charge in [0, 0.05) is 17.3 Å². The Balaban J connectivity index is 3.45. The number of hydrogen-bond donors (Lipinski definition) is 1. The van der Waals surface area contributed by atoms with Gasteiger partial charge in [0.1, 0.15) is 0 Å². The summed E-state index contributed by atoms with van der Waals surface area (Å²) in [5.41, 5.74) is -0.256. The summed E-state index contributed by atoms with van der Waals surface area (Å²) in [6.07, 6.45) is 2.16. The van der Waals surface area contributed by atoms with Crippen molar-refractivity contribution in [3.63, 3.8) is 0 Å². The van der Waals surface area contributed by atoms with Crippen molar-refractivity contribution in [2.24, 2.45) is 5.41 Å². The van der Waals surface area contributed by atoms with E-state index in [0.717, 1.165) is 24.7 Å². The van der Waals surface area contributed by atoms with Crippen LogP contribution in [0.15, 0.2) is 0 Å². The van der Waals surface area contributed by atoms with Crippen molar-refractivity contribution in [2.75, 3.05) is 11.9 Å². The fourth-order valence-electron chi connectivity index (χ4n) is 0.687. The number of halogens is 1. The molecule has 0 saturated carbocycles. The number of carbonyl (C=O) groups is 1. The van der Waals surface area contributed by atoms with Gasteiger partial charge in [0.15, 0.2) is 0 Å². The van der Waals surface area contributed by atoms with Crippen LogP contribution in [-0.4, -0.2) is 17.8 Å². The van der Waals surface area contributed by atoms with Gasteiger partial charge in [-0.1, -0.05) is 36.7 Å². The topological polar surface area (TPSA) is 29.1 Å². The third kappa shape index (κ3) is 5.58. The van der Waals surface area contributed by atoms with Gasteiger partial charge < -0.3 is 5.32 Å². The van der Waals surface area contributed by atoms with Gasteiger partial charge in [-0.25, -0.2) is 0 Å². The van der Waals surface area contributed by atoms with E-state index in [2.05, 4.69) is 21.2 Å². The first-order valence-electron chi connectivity index (χ1n) is 4.32. The van der Waals surface area contributed by atoms with Gasteiger partial charge in [-0.2, -0.15) is 0 Å². The smallest absolute Gasteiger partial charge is 0.225 e. The van der Waals surface area contributed by atoms with Crippen molar-refractivity contribution in [3.05, 3.63) is 0 Å². The van der Waals surface area contributed by atoms with Crippen LogP contribution in [0.3, 0.4) is 0 Å². The molecule has 0 aromatic heterocycles. The first-order valence-corrected chi connectivity index (χ1v) is 5.45. The fourth-order valence-corrected chi connectivity index (χ4v) is 1.08. The summed E-state index contributed by atoms with van der Waals surface area (Å²) in [6, 6.07) is 0. The van der Waals surface area contributed by atoms with E-state index in [4.69, 9.17) is 0 Å². The monoisotopic (exact) mass is 235 g/mol. The van der Waals surface area contributed by atoms with Crippen molar-refractivity contribution < 1.29 is 4.79 Å². The Morgan fingerprint density at radius 2 is 1.92 bits per heavy atom. The Bertz CT molecular complexity index is 140. The summed E-state index contributed by atoms with van der Waals surface area (Å²) in [5.74, 6) is 0.136. The Morgan fingerprint density at radius 1 is 1.33 bits per heavy atom. The molecule has 0 aromatic carbocycles. The standard InChI is InChI=1S/C9H18BrNO/c1-9(2,3)8(12)11-7-5-4-6-10/h4-7H2,1-3H3,(H,11,12). The zero-order chi connectivity index (χ0) is 9.61. The molecule has 0 aromatic rings. The molecule has 1 N–H and O–H groups in total. The number of carbonyl (C=O) groups excluding carboxylic acids is 1. The summed E-state index contributed by atoms with van der Waals surface area (Å²) >= 11 is 3.34. The molecule has 0 heterocycles. The number of rotatable bonds is 4. The minimum absolute atomic E-state index is 0.136. The molecule has 72 valence electrons. The van der Waals surface area contributed by atoms with Crippen LogP contribution in [0.4, 0.5) is 0 Å². The van der Waals surface area contributed by atoms with E-state index in [-0.39, 0.29) is 11.3 Å². The van der Waals surface area contributed by atoms with E-state index in [0.29, 0.717) is 0 Å². The minimum Gasteiger partial charge on any atom is -0.356 e. The first-order chi connectivity index (χ1) is 5.48. The molecule has 1 amide bonds. The maximum absolute atomic E-state index is 11.3. The second-order valence-corrected chi connectivity index (χ2v) is 4.69. The van der Waals surface area contributed by atoms with E-state index in [1.54, 1.807) is 0 Å². The molecular formula is C9H18BrNO. The average Bonchev–Trinajstić information content (AvgIpc) is 1.96. The van der Waals surface area contributed by atoms with Gasteiger partial charge in [-0.3, -0.25) is 4.79 Å². The predicted octanol–water partition coefficient (Wildman–Crippen LogP) is 2.32. The lowest BCUT2D eigenvalue weighted by Crippen LogP contribution is -2.35. The normalized spacial score (nSPS) is 11.3. The van der Waals surface area contributed by atoms with Gasteiger partial charge in [0.05, 0.1) is 0 Å². The van der Waals surface area contributed by atoms with Crippen LogP contribution in [0.25, 0.3) is 0 Å². The largest absolute Gasteiger partial charge is 0.356 e. The highest BCUT2D eigenvalue weighted by atomic mass is 79.9. The van der Waals surface area contributed by atoms with Crippen molar-refractivity contribution >= 4 is 21.8 Å². The molecule has 0 radical (unpaired) electrons. The lowest BCUT2D eigenvalue weighted by atomic mass is 9.96. The molecule has 0 fully saturated rings. The summed E-state index contributed by atoms with van der Waals surface area (Å²) in [7, 11) is 0. The zero-order valence-corrected chi connectivity index (χ0v) is 9.70. The van der Waals surface area contributed by atoms with Crippen molar-refractivity contribution in [1.29, 1.82) is 0 Å². The summed E-state index contributed by atoms with van der Waals surface area (Å²) in [4.78, 5) is 11.3. The number of hydrogen-bond acceptors (Lipinski definition) is 1. The van der Waals surface area contributed by atoms with E-state index < -0.39 is 0 Å². The zero-order valence-electron chi connectivity index (χ0n) is 8.11. The van der Waals surface area contributed by atoms with Gasteiger partial charge in [0.2, 0.25) is 5.91 Å². The van der Waals surface area contributed by atoms with Crippen LogP contribution in [-0.2, 0) is 4.79 Å². The molecular weight excluding hydrogens is 218 g/mol. The molecule has 0 saturated heterocycles. The van der Waals surface area contributed by atoms with E-state index in [9.17, 15) is 4.79 Å². The van der Waals surface area contributed by atoms with Crippen LogP contribution in [0.2, 0.25) is 0 Å². The lowest BCUT2D eigenvalue weighted by molar-refractivity contribution is -0.128. The van der Waals surface area contributed by atoms with E-state index in [1.807, 2.05) is 20.8 Å². The Morgan fingerprint density at radius 3 is 2.33 bits per heavy atom. The predicted molar refractivity (Wildman–Crippen MR) is 55.5 cm³/mol. The second kappa shape index (κ2) is 5.57. The third-order valence-corrected chi connectivity index (χ3v) is 2.09. The van der Waals surface area contributed by atoms with E-state index in [1.165, 1.54) is 0 Å².